The minimum atomic E-state index is -0.246. The molecular weight excluding hydrogens is 109 g/mol. The molecule has 2 nitrogen and oxygen atoms in total. The van der Waals surface area contributed by atoms with Crippen molar-refractivity contribution in [2.24, 2.45) is 0 Å². The highest BCUT2D eigenvalue weighted by molar-refractivity contribution is 5.78. The van der Waals surface area contributed by atoms with E-state index in [1.807, 2.05) is 0 Å². The van der Waals surface area contributed by atoms with Crippen molar-refractivity contribution >= 4 is 5.91 Å². The summed E-state index contributed by atoms with van der Waals surface area (Å²) in [5, 5.41) is 2.26. The van der Waals surface area contributed by atoms with Gasteiger partial charge in [0.1, 0.15) is 5.83 Å². The second-order valence-electron chi connectivity index (χ2n) is 1.66. The van der Waals surface area contributed by atoms with Gasteiger partial charge in [-0.2, -0.15) is 0 Å². The van der Waals surface area contributed by atoms with E-state index >= 15 is 0 Å². The molecule has 0 fully saturated rings. The molecule has 0 unspecified atom stereocenters. The van der Waals surface area contributed by atoms with Crippen LogP contribution in [0.3, 0.4) is 0 Å². The summed E-state index contributed by atoms with van der Waals surface area (Å²) in [6, 6.07) is 0. The molecule has 0 radical (unpaired) electrons. The Kier molecular flexibility index (Phi) is 1.28. The third kappa shape index (κ3) is 1.05. The van der Waals surface area contributed by atoms with Crippen LogP contribution in [0.25, 0.3) is 0 Å². The van der Waals surface area contributed by atoms with E-state index in [-0.39, 0.29) is 24.6 Å². The Hall–Kier alpha value is -0.860. The summed E-state index contributed by atoms with van der Waals surface area (Å²) in [5.74, 6) is -0.351. The number of nitrogens with one attached hydrogen (secondary N) is 1. The maximum Gasteiger partial charge on any atom is 0.224 e. The van der Waals surface area contributed by atoms with Crippen molar-refractivity contribution in [3.05, 3.63) is 12.0 Å². The molecule has 0 aromatic heterocycles. The molecule has 1 aliphatic heterocycles. The molecule has 0 aromatic carbocycles. The minimum Gasteiger partial charge on any atom is -0.330 e. The number of allylic oxidation sites excluding steroid dienone is 1. The zero-order valence-electron chi connectivity index (χ0n) is 4.28. The highest BCUT2D eigenvalue weighted by Gasteiger charge is 2.07. The van der Waals surface area contributed by atoms with Gasteiger partial charge in [0.15, 0.2) is 0 Å². The zero-order chi connectivity index (χ0) is 5.98. The molecule has 1 heterocycles. The average molecular weight is 115 g/mol. The van der Waals surface area contributed by atoms with E-state index < -0.39 is 0 Å². The van der Waals surface area contributed by atoms with Gasteiger partial charge in [-0.15, -0.1) is 0 Å². The highest BCUT2D eigenvalue weighted by Crippen LogP contribution is 2.08. The van der Waals surface area contributed by atoms with Gasteiger partial charge >= 0.3 is 0 Å². The van der Waals surface area contributed by atoms with Crippen LogP contribution in [0.15, 0.2) is 12.0 Å². The van der Waals surface area contributed by atoms with Gasteiger partial charge in [-0.05, 0) is 0 Å². The van der Waals surface area contributed by atoms with Gasteiger partial charge < -0.3 is 5.32 Å². The van der Waals surface area contributed by atoms with Gasteiger partial charge in [0.25, 0.3) is 0 Å². The summed E-state index contributed by atoms with van der Waals surface area (Å²) < 4.78 is 12.0. The summed E-state index contributed by atoms with van der Waals surface area (Å²) in [7, 11) is 0. The standard InChI is InChI=1S/C5H6FNO/c6-4-1-2-5(8)7-3-4/h3H,1-2H2,(H,7,8). The first kappa shape index (κ1) is 5.28. The third-order valence-corrected chi connectivity index (χ3v) is 0.981. The Morgan fingerprint density at radius 2 is 2.38 bits per heavy atom. The van der Waals surface area contributed by atoms with Gasteiger partial charge in [-0.3, -0.25) is 4.79 Å². The number of halogens is 1. The van der Waals surface area contributed by atoms with Crippen LogP contribution in [-0.4, -0.2) is 5.91 Å². The lowest BCUT2D eigenvalue weighted by atomic mass is 10.2. The van der Waals surface area contributed by atoms with E-state index in [1.165, 1.54) is 0 Å². The lowest BCUT2D eigenvalue weighted by Crippen LogP contribution is -2.20. The summed E-state index contributed by atoms with van der Waals surface area (Å²) in [6.07, 6.45) is 1.64. The molecule has 0 bridgehead atoms. The molecule has 0 spiro atoms. The first-order valence-electron chi connectivity index (χ1n) is 2.43. The highest BCUT2D eigenvalue weighted by atomic mass is 19.1. The summed E-state index contributed by atoms with van der Waals surface area (Å²) in [6.45, 7) is 0. The molecule has 0 aliphatic carbocycles. The normalized spacial score (nSPS) is 19.6. The van der Waals surface area contributed by atoms with E-state index in [1.54, 1.807) is 0 Å². The largest absolute Gasteiger partial charge is 0.330 e. The Bertz CT molecular complexity index is 141. The van der Waals surface area contributed by atoms with Crippen LogP contribution in [0.1, 0.15) is 12.8 Å². The molecule has 1 rings (SSSR count). The molecule has 3 heteroatoms. The van der Waals surface area contributed by atoms with Crippen LogP contribution in [0.4, 0.5) is 4.39 Å². The smallest absolute Gasteiger partial charge is 0.224 e. The zero-order valence-corrected chi connectivity index (χ0v) is 4.28. The van der Waals surface area contributed by atoms with Crippen LogP contribution < -0.4 is 5.32 Å². The second-order valence-corrected chi connectivity index (χ2v) is 1.66. The molecule has 1 N–H and O–H groups in total. The third-order valence-electron chi connectivity index (χ3n) is 0.981. The Morgan fingerprint density at radius 1 is 1.62 bits per heavy atom. The summed E-state index contributed by atoms with van der Waals surface area (Å²) in [5.41, 5.74) is 0. The van der Waals surface area contributed by atoms with Crippen LogP contribution in [0, 0.1) is 0 Å². The van der Waals surface area contributed by atoms with E-state index in [4.69, 9.17) is 0 Å². The van der Waals surface area contributed by atoms with Gasteiger partial charge in [0.2, 0.25) is 5.91 Å². The number of carbonyl (C=O) groups is 1. The molecule has 0 atom stereocenters. The first-order valence-corrected chi connectivity index (χ1v) is 2.43. The maximum atomic E-state index is 12.0. The van der Waals surface area contributed by atoms with E-state index in [9.17, 15) is 9.18 Å². The van der Waals surface area contributed by atoms with Crippen LogP contribution in [-0.2, 0) is 4.79 Å². The van der Waals surface area contributed by atoms with Crippen molar-refractivity contribution in [1.82, 2.24) is 5.32 Å². The van der Waals surface area contributed by atoms with Crippen molar-refractivity contribution < 1.29 is 9.18 Å². The van der Waals surface area contributed by atoms with Crippen LogP contribution in [0.2, 0.25) is 0 Å². The van der Waals surface area contributed by atoms with Gasteiger partial charge in [-0.25, -0.2) is 4.39 Å². The Morgan fingerprint density at radius 3 is 2.75 bits per heavy atom. The van der Waals surface area contributed by atoms with E-state index in [2.05, 4.69) is 5.32 Å². The summed E-state index contributed by atoms with van der Waals surface area (Å²) in [4.78, 5) is 10.3. The van der Waals surface area contributed by atoms with Gasteiger partial charge in [0.05, 0.1) is 0 Å². The predicted octanol–water partition coefficient (Wildman–Crippen LogP) is 0.707. The van der Waals surface area contributed by atoms with Gasteiger partial charge in [0, 0.05) is 19.0 Å². The van der Waals surface area contributed by atoms with Crippen LogP contribution in [0.5, 0.6) is 0 Å². The van der Waals surface area contributed by atoms with Gasteiger partial charge in [-0.1, -0.05) is 0 Å². The molecular formula is C5H6FNO. The Balaban J connectivity index is 2.55. The van der Waals surface area contributed by atoms with Crippen molar-refractivity contribution in [3.63, 3.8) is 0 Å². The second kappa shape index (κ2) is 1.94. The molecule has 0 aromatic rings. The fourth-order valence-corrected chi connectivity index (χ4v) is 0.536. The minimum absolute atomic E-state index is 0.105. The fourth-order valence-electron chi connectivity index (χ4n) is 0.536. The van der Waals surface area contributed by atoms with Crippen molar-refractivity contribution in [2.45, 2.75) is 12.8 Å². The van der Waals surface area contributed by atoms with Crippen molar-refractivity contribution in [2.75, 3.05) is 0 Å². The maximum absolute atomic E-state index is 12.0. The number of rotatable bonds is 0. The lowest BCUT2D eigenvalue weighted by molar-refractivity contribution is -0.120. The Labute approximate surface area is 46.4 Å². The molecule has 8 heavy (non-hydrogen) atoms. The number of hydrogen-bond acceptors (Lipinski definition) is 1. The molecule has 44 valence electrons. The van der Waals surface area contributed by atoms with E-state index in [0.29, 0.717) is 0 Å². The fraction of sp³-hybridized carbons (Fsp3) is 0.400. The van der Waals surface area contributed by atoms with Crippen LogP contribution >= 0.6 is 0 Å². The van der Waals surface area contributed by atoms with Crippen molar-refractivity contribution in [1.29, 1.82) is 0 Å². The summed E-state index contributed by atoms with van der Waals surface area (Å²) >= 11 is 0. The van der Waals surface area contributed by atoms with Crippen molar-refractivity contribution in [3.8, 4) is 0 Å². The predicted molar refractivity (Wildman–Crippen MR) is 26.6 cm³/mol. The quantitative estimate of drug-likeness (QED) is 0.495. The number of amides is 1. The molecule has 0 saturated heterocycles. The number of carbonyl (C=O) groups excluding carboxylic acids is 1. The topological polar surface area (TPSA) is 29.1 Å². The first-order chi connectivity index (χ1) is 3.79. The molecule has 0 saturated carbocycles. The number of hydrogen-bond donors (Lipinski definition) is 1. The molecule has 1 amide bonds. The molecule has 1 aliphatic rings. The van der Waals surface area contributed by atoms with E-state index in [0.717, 1.165) is 6.20 Å². The lowest BCUT2D eigenvalue weighted by Gasteiger charge is -2.04. The SMILES string of the molecule is O=C1CCC(F)=CN1. The average Bonchev–Trinajstić information content (AvgIpc) is 1.77. The monoisotopic (exact) mass is 115 g/mol.